The van der Waals surface area contributed by atoms with Crippen molar-refractivity contribution in [1.82, 2.24) is 0 Å². The van der Waals surface area contributed by atoms with Gasteiger partial charge in [0.05, 0.1) is 18.8 Å². The second-order valence-electron chi connectivity index (χ2n) is 4.52. The summed E-state index contributed by atoms with van der Waals surface area (Å²) in [5, 5.41) is 0. The van der Waals surface area contributed by atoms with E-state index in [-0.39, 0.29) is 11.2 Å². The molecule has 1 spiro atoms. The molecule has 4 nitrogen and oxygen atoms in total. The Labute approximate surface area is 84.5 Å². The van der Waals surface area contributed by atoms with E-state index >= 15 is 0 Å². The van der Waals surface area contributed by atoms with E-state index in [0.29, 0.717) is 12.6 Å². The molecule has 0 aromatic carbocycles. The number of rotatable bonds is 1. The molecule has 0 aliphatic carbocycles. The number of hydrogen-bond acceptors (Lipinski definition) is 4. The average molecular weight is 198 g/mol. The number of nitrogens with zero attached hydrogens (tertiary/aromatic N) is 1. The lowest BCUT2D eigenvalue weighted by molar-refractivity contribution is -0.138. The summed E-state index contributed by atoms with van der Waals surface area (Å²) in [5.74, 6) is 0. The van der Waals surface area contributed by atoms with E-state index < -0.39 is 0 Å². The first-order valence-corrected chi connectivity index (χ1v) is 5.20. The molecule has 2 heterocycles. The van der Waals surface area contributed by atoms with Crippen molar-refractivity contribution < 1.29 is 9.47 Å². The van der Waals surface area contributed by atoms with Crippen LogP contribution in [-0.4, -0.2) is 30.4 Å². The zero-order valence-corrected chi connectivity index (χ0v) is 8.88. The molecule has 4 heteroatoms. The second-order valence-corrected chi connectivity index (χ2v) is 4.52. The van der Waals surface area contributed by atoms with Crippen LogP contribution in [0.2, 0.25) is 0 Å². The minimum atomic E-state index is -0.174. The number of nitrogens with two attached hydrogens (primary N) is 1. The second kappa shape index (κ2) is 3.12. The summed E-state index contributed by atoms with van der Waals surface area (Å²) in [6, 6.07) is 0.338. The molecule has 1 saturated heterocycles. The number of amidine groups is 1. The maximum atomic E-state index is 5.76. The highest BCUT2D eigenvalue weighted by molar-refractivity contribution is 5.73. The summed E-state index contributed by atoms with van der Waals surface area (Å²) in [6.45, 7) is 5.70. The standard InChI is InChI=1S/C10H18N2O2/c1-3-9(2)6-10(4-5-13-9)7-12-8(11)14-10/h3-7H2,1-2H3,(H2,11,12). The van der Waals surface area contributed by atoms with Crippen LogP contribution < -0.4 is 5.73 Å². The average Bonchev–Trinajstić information content (AvgIpc) is 2.47. The lowest BCUT2D eigenvalue weighted by Crippen LogP contribution is -2.49. The zero-order chi connectivity index (χ0) is 10.2. The fourth-order valence-corrected chi connectivity index (χ4v) is 2.26. The van der Waals surface area contributed by atoms with Gasteiger partial charge in [-0.05, 0) is 13.3 Å². The first kappa shape index (κ1) is 9.77. The van der Waals surface area contributed by atoms with Crippen LogP contribution in [0.25, 0.3) is 0 Å². The lowest BCUT2D eigenvalue weighted by atomic mass is 9.82. The molecule has 0 aromatic rings. The molecule has 2 aliphatic rings. The Hall–Kier alpha value is -0.770. The lowest BCUT2D eigenvalue weighted by Gasteiger charge is -2.42. The molecule has 0 radical (unpaired) electrons. The van der Waals surface area contributed by atoms with Gasteiger partial charge in [-0.3, -0.25) is 0 Å². The molecule has 1 fully saturated rings. The van der Waals surface area contributed by atoms with Crippen LogP contribution in [0.15, 0.2) is 4.99 Å². The van der Waals surface area contributed by atoms with Crippen LogP contribution in [0.1, 0.15) is 33.1 Å². The Morgan fingerprint density at radius 3 is 2.93 bits per heavy atom. The largest absolute Gasteiger partial charge is 0.457 e. The van der Waals surface area contributed by atoms with Gasteiger partial charge in [-0.15, -0.1) is 0 Å². The third-order valence-corrected chi connectivity index (χ3v) is 3.30. The molecule has 2 unspecified atom stereocenters. The molecule has 0 amide bonds. The topological polar surface area (TPSA) is 56.8 Å². The summed E-state index contributed by atoms with van der Waals surface area (Å²) in [4.78, 5) is 4.13. The van der Waals surface area contributed by atoms with Crippen LogP contribution >= 0.6 is 0 Å². The quantitative estimate of drug-likeness (QED) is 0.685. The molecule has 2 rings (SSSR count). The molecular formula is C10H18N2O2. The van der Waals surface area contributed by atoms with Crippen LogP contribution in [0, 0.1) is 0 Å². The molecule has 80 valence electrons. The van der Waals surface area contributed by atoms with E-state index in [1.165, 1.54) is 0 Å². The predicted molar refractivity (Wildman–Crippen MR) is 54.2 cm³/mol. The van der Waals surface area contributed by atoms with E-state index in [0.717, 1.165) is 25.9 Å². The maximum Gasteiger partial charge on any atom is 0.282 e. The zero-order valence-electron chi connectivity index (χ0n) is 8.88. The van der Waals surface area contributed by atoms with Gasteiger partial charge >= 0.3 is 0 Å². The minimum absolute atomic E-state index is 0.0710. The first-order chi connectivity index (χ1) is 6.58. The van der Waals surface area contributed by atoms with Gasteiger partial charge in [0.15, 0.2) is 0 Å². The third kappa shape index (κ3) is 1.59. The van der Waals surface area contributed by atoms with E-state index in [1.807, 2.05) is 0 Å². The van der Waals surface area contributed by atoms with Gasteiger partial charge < -0.3 is 15.2 Å². The van der Waals surface area contributed by atoms with Gasteiger partial charge in [0, 0.05) is 12.8 Å². The van der Waals surface area contributed by atoms with Crippen molar-refractivity contribution in [2.75, 3.05) is 13.2 Å². The highest BCUT2D eigenvalue weighted by Crippen LogP contribution is 2.38. The normalized spacial score (nSPS) is 42.3. The van der Waals surface area contributed by atoms with Crippen LogP contribution in [-0.2, 0) is 9.47 Å². The van der Waals surface area contributed by atoms with Crippen molar-refractivity contribution in [3.63, 3.8) is 0 Å². The van der Waals surface area contributed by atoms with Crippen molar-refractivity contribution in [2.24, 2.45) is 10.7 Å². The van der Waals surface area contributed by atoms with E-state index in [2.05, 4.69) is 18.8 Å². The molecule has 2 aliphatic heterocycles. The van der Waals surface area contributed by atoms with Crippen molar-refractivity contribution in [2.45, 2.75) is 44.3 Å². The van der Waals surface area contributed by atoms with Crippen molar-refractivity contribution >= 4 is 6.02 Å². The van der Waals surface area contributed by atoms with Gasteiger partial charge in [-0.1, -0.05) is 6.92 Å². The van der Waals surface area contributed by atoms with E-state index in [4.69, 9.17) is 15.2 Å². The Bertz CT molecular complexity index is 267. The molecule has 0 saturated carbocycles. The molecule has 0 bridgehead atoms. The smallest absolute Gasteiger partial charge is 0.282 e. The van der Waals surface area contributed by atoms with Crippen molar-refractivity contribution in [1.29, 1.82) is 0 Å². The summed E-state index contributed by atoms with van der Waals surface area (Å²) >= 11 is 0. The summed E-state index contributed by atoms with van der Waals surface area (Å²) in [7, 11) is 0. The molecule has 14 heavy (non-hydrogen) atoms. The van der Waals surface area contributed by atoms with Crippen LogP contribution in [0.3, 0.4) is 0 Å². The fraction of sp³-hybridized carbons (Fsp3) is 0.900. The molecule has 2 atom stereocenters. The highest BCUT2D eigenvalue weighted by Gasteiger charge is 2.46. The van der Waals surface area contributed by atoms with Crippen molar-refractivity contribution in [3.8, 4) is 0 Å². The summed E-state index contributed by atoms with van der Waals surface area (Å²) in [5.41, 5.74) is 5.31. The van der Waals surface area contributed by atoms with Gasteiger partial charge in [0.1, 0.15) is 5.60 Å². The summed E-state index contributed by atoms with van der Waals surface area (Å²) in [6.07, 6.45) is 2.78. The van der Waals surface area contributed by atoms with E-state index in [1.54, 1.807) is 0 Å². The predicted octanol–water partition coefficient (Wildman–Crippen LogP) is 1.05. The van der Waals surface area contributed by atoms with Gasteiger partial charge in [-0.25, -0.2) is 4.99 Å². The van der Waals surface area contributed by atoms with Crippen molar-refractivity contribution in [3.05, 3.63) is 0 Å². The number of ether oxygens (including phenoxy) is 2. The third-order valence-electron chi connectivity index (χ3n) is 3.30. The molecule has 0 aromatic heterocycles. The maximum absolute atomic E-state index is 5.76. The number of aliphatic imine (C=N–C) groups is 1. The summed E-state index contributed by atoms with van der Waals surface area (Å²) < 4.78 is 11.4. The SMILES string of the molecule is CCC1(C)CC2(CCO1)CN=C(N)O2. The Morgan fingerprint density at radius 1 is 1.57 bits per heavy atom. The van der Waals surface area contributed by atoms with Gasteiger partial charge in [-0.2, -0.15) is 0 Å². The Balaban J connectivity index is 2.08. The molecular weight excluding hydrogens is 180 g/mol. The van der Waals surface area contributed by atoms with Gasteiger partial charge in [0.25, 0.3) is 6.02 Å². The minimum Gasteiger partial charge on any atom is -0.457 e. The van der Waals surface area contributed by atoms with Crippen LogP contribution in [0.4, 0.5) is 0 Å². The monoisotopic (exact) mass is 198 g/mol. The fourth-order valence-electron chi connectivity index (χ4n) is 2.26. The number of hydrogen-bond donors (Lipinski definition) is 1. The van der Waals surface area contributed by atoms with Gasteiger partial charge in [0.2, 0.25) is 0 Å². The highest BCUT2D eigenvalue weighted by atomic mass is 16.5. The Kier molecular flexibility index (Phi) is 2.18. The molecule has 2 N–H and O–H groups in total. The first-order valence-electron chi connectivity index (χ1n) is 5.20. The Morgan fingerprint density at radius 2 is 2.36 bits per heavy atom. The van der Waals surface area contributed by atoms with E-state index in [9.17, 15) is 0 Å². The van der Waals surface area contributed by atoms with Crippen LogP contribution in [0.5, 0.6) is 0 Å².